The monoisotopic (exact) mass is 246 g/mol. The summed E-state index contributed by atoms with van der Waals surface area (Å²) in [6.45, 7) is 1.84. The second-order valence-electron chi connectivity index (χ2n) is 4.82. The number of hydrogen-bond donors (Lipinski definition) is 0. The molecule has 0 spiro atoms. The minimum absolute atomic E-state index is 0.0000472. The maximum absolute atomic E-state index is 12.3. The van der Waals surface area contributed by atoms with Crippen LogP contribution in [0.15, 0.2) is 18.3 Å². The second kappa shape index (κ2) is 5.29. The molecule has 96 valence electrons. The average Bonchev–Trinajstić information content (AvgIpc) is 2.38. The highest BCUT2D eigenvalue weighted by molar-refractivity contribution is 5.95. The molecule has 1 heterocycles. The van der Waals surface area contributed by atoms with Crippen LogP contribution in [0.25, 0.3) is 0 Å². The molecule has 0 saturated heterocycles. The number of hydrogen-bond acceptors (Lipinski definition) is 3. The van der Waals surface area contributed by atoms with Gasteiger partial charge < -0.3 is 4.90 Å². The van der Waals surface area contributed by atoms with Gasteiger partial charge in [0.1, 0.15) is 5.78 Å². The Bertz CT molecular complexity index is 461. The molecule has 0 aliphatic heterocycles. The zero-order chi connectivity index (χ0) is 13.1. The highest BCUT2D eigenvalue weighted by Crippen LogP contribution is 2.21. The van der Waals surface area contributed by atoms with Gasteiger partial charge in [0.2, 0.25) is 0 Å². The zero-order valence-electron chi connectivity index (χ0n) is 10.8. The van der Waals surface area contributed by atoms with Crippen LogP contribution in [0.3, 0.4) is 0 Å². The summed E-state index contributed by atoms with van der Waals surface area (Å²) in [5.74, 6) is 0.310. The normalized spacial score (nSPS) is 16.7. The Morgan fingerprint density at radius 1 is 1.39 bits per heavy atom. The molecule has 4 nitrogen and oxygen atoms in total. The van der Waals surface area contributed by atoms with Gasteiger partial charge in [0.05, 0.1) is 5.56 Å². The third-order valence-electron chi connectivity index (χ3n) is 3.62. The largest absolute Gasteiger partial charge is 0.339 e. The minimum atomic E-state index is -0.0000472. The number of Topliss-reactive ketones (excluding diaryl/α,β-unsaturated/α-hetero) is 1. The van der Waals surface area contributed by atoms with Crippen LogP contribution in [0.2, 0.25) is 0 Å². The molecule has 1 fully saturated rings. The van der Waals surface area contributed by atoms with E-state index in [-0.39, 0.29) is 11.9 Å². The molecule has 0 bridgehead atoms. The number of ketones is 1. The standard InChI is InChI=1S/C14H18N2O2/c1-10-13(4-3-9-15-10)14(18)16(2)11-5-7-12(17)8-6-11/h3-4,9,11H,5-8H2,1-2H3. The van der Waals surface area contributed by atoms with Crippen molar-refractivity contribution < 1.29 is 9.59 Å². The van der Waals surface area contributed by atoms with Crippen LogP contribution in [0, 0.1) is 6.92 Å². The van der Waals surface area contributed by atoms with Crippen molar-refractivity contribution in [2.45, 2.75) is 38.6 Å². The van der Waals surface area contributed by atoms with E-state index in [2.05, 4.69) is 4.98 Å². The van der Waals surface area contributed by atoms with Crippen molar-refractivity contribution in [3.8, 4) is 0 Å². The Hall–Kier alpha value is -1.71. The van der Waals surface area contributed by atoms with Gasteiger partial charge in [-0.1, -0.05) is 0 Å². The molecule has 1 aromatic heterocycles. The fourth-order valence-electron chi connectivity index (χ4n) is 2.38. The quantitative estimate of drug-likeness (QED) is 0.801. The van der Waals surface area contributed by atoms with Crippen molar-refractivity contribution in [2.75, 3.05) is 7.05 Å². The molecular weight excluding hydrogens is 228 g/mol. The topological polar surface area (TPSA) is 50.3 Å². The van der Waals surface area contributed by atoms with E-state index in [1.165, 1.54) is 0 Å². The lowest BCUT2D eigenvalue weighted by Crippen LogP contribution is -2.39. The first-order valence-electron chi connectivity index (χ1n) is 6.30. The Morgan fingerprint density at radius 3 is 2.67 bits per heavy atom. The Kier molecular flexibility index (Phi) is 3.75. The van der Waals surface area contributed by atoms with Crippen LogP contribution in [-0.4, -0.2) is 34.7 Å². The maximum Gasteiger partial charge on any atom is 0.255 e. The lowest BCUT2D eigenvalue weighted by molar-refractivity contribution is -0.121. The van der Waals surface area contributed by atoms with Crippen molar-refractivity contribution in [3.05, 3.63) is 29.6 Å². The van der Waals surface area contributed by atoms with Gasteiger partial charge in [0, 0.05) is 37.8 Å². The number of nitrogens with zero attached hydrogens (tertiary/aromatic N) is 2. The predicted molar refractivity (Wildman–Crippen MR) is 68.3 cm³/mol. The van der Waals surface area contributed by atoms with E-state index in [9.17, 15) is 9.59 Å². The average molecular weight is 246 g/mol. The van der Waals surface area contributed by atoms with Crippen LogP contribution in [0.4, 0.5) is 0 Å². The van der Waals surface area contributed by atoms with Crippen LogP contribution in [0.1, 0.15) is 41.7 Å². The summed E-state index contributed by atoms with van der Waals surface area (Å²) in [6, 6.07) is 3.75. The van der Waals surface area contributed by atoms with Crippen LogP contribution < -0.4 is 0 Å². The van der Waals surface area contributed by atoms with Gasteiger partial charge in [0.15, 0.2) is 0 Å². The van der Waals surface area contributed by atoms with Crippen LogP contribution in [0.5, 0.6) is 0 Å². The molecule has 0 unspecified atom stereocenters. The fourth-order valence-corrected chi connectivity index (χ4v) is 2.38. The zero-order valence-corrected chi connectivity index (χ0v) is 10.8. The summed E-state index contributed by atoms with van der Waals surface area (Å²) < 4.78 is 0. The Balaban J connectivity index is 2.09. The molecule has 0 aromatic carbocycles. The smallest absolute Gasteiger partial charge is 0.255 e. The summed E-state index contributed by atoms with van der Waals surface area (Å²) in [6.07, 6.45) is 4.43. The van der Waals surface area contributed by atoms with E-state index in [4.69, 9.17) is 0 Å². The molecule has 0 radical (unpaired) electrons. The van der Waals surface area contributed by atoms with E-state index in [1.54, 1.807) is 23.2 Å². The van der Waals surface area contributed by atoms with E-state index < -0.39 is 0 Å². The molecule has 2 rings (SSSR count). The number of carbonyl (C=O) groups excluding carboxylic acids is 2. The van der Waals surface area contributed by atoms with Gasteiger partial charge >= 0.3 is 0 Å². The summed E-state index contributed by atoms with van der Waals surface area (Å²) in [4.78, 5) is 29.5. The first kappa shape index (κ1) is 12.7. The summed E-state index contributed by atoms with van der Waals surface area (Å²) >= 11 is 0. The SMILES string of the molecule is Cc1ncccc1C(=O)N(C)C1CCC(=O)CC1. The van der Waals surface area contributed by atoms with Crippen molar-refractivity contribution in [1.82, 2.24) is 9.88 Å². The van der Waals surface area contributed by atoms with E-state index in [1.807, 2.05) is 14.0 Å². The van der Waals surface area contributed by atoms with Crippen molar-refractivity contribution in [1.29, 1.82) is 0 Å². The molecule has 4 heteroatoms. The van der Waals surface area contributed by atoms with Gasteiger partial charge in [-0.05, 0) is 31.9 Å². The molecule has 1 amide bonds. The maximum atomic E-state index is 12.3. The third kappa shape index (κ3) is 2.58. The van der Waals surface area contributed by atoms with E-state index >= 15 is 0 Å². The highest BCUT2D eigenvalue weighted by Gasteiger charge is 2.26. The molecule has 1 saturated carbocycles. The minimum Gasteiger partial charge on any atom is -0.339 e. The molecular formula is C14H18N2O2. The third-order valence-corrected chi connectivity index (χ3v) is 3.62. The number of aromatic nitrogens is 1. The lowest BCUT2D eigenvalue weighted by atomic mass is 9.93. The molecule has 18 heavy (non-hydrogen) atoms. The number of rotatable bonds is 2. The first-order valence-corrected chi connectivity index (χ1v) is 6.30. The number of aryl methyl sites for hydroxylation is 1. The number of amides is 1. The predicted octanol–water partition coefficient (Wildman–Crippen LogP) is 1.97. The van der Waals surface area contributed by atoms with Gasteiger partial charge in [-0.3, -0.25) is 14.6 Å². The molecule has 0 N–H and O–H groups in total. The van der Waals surface area contributed by atoms with Crippen molar-refractivity contribution >= 4 is 11.7 Å². The fraction of sp³-hybridized carbons (Fsp3) is 0.500. The molecule has 1 aromatic rings. The number of carbonyl (C=O) groups is 2. The van der Waals surface area contributed by atoms with Gasteiger partial charge in [-0.2, -0.15) is 0 Å². The van der Waals surface area contributed by atoms with Gasteiger partial charge in [0.25, 0.3) is 5.91 Å². The Morgan fingerprint density at radius 2 is 2.06 bits per heavy atom. The summed E-state index contributed by atoms with van der Waals surface area (Å²) in [7, 11) is 1.81. The molecule has 0 atom stereocenters. The highest BCUT2D eigenvalue weighted by atomic mass is 16.2. The molecule has 1 aliphatic carbocycles. The lowest BCUT2D eigenvalue weighted by Gasteiger charge is -2.31. The van der Waals surface area contributed by atoms with Gasteiger partial charge in [-0.15, -0.1) is 0 Å². The first-order chi connectivity index (χ1) is 8.59. The van der Waals surface area contributed by atoms with Gasteiger partial charge in [-0.25, -0.2) is 0 Å². The second-order valence-corrected chi connectivity index (χ2v) is 4.82. The van der Waals surface area contributed by atoms with E-state index in [0.717, 1.165) is 18.5 Å². The summed E-state index contributed by atoms with van der Waals surface area (Å²) in [5, 5.41) is 0. The van der Waals surface area contributed by atoms with Crippen molar-refractivity contribution in [3.63, 3.8) is 0 Å². The Labute approximate surface area is 107 Å². The van der Waals surface area contributed by atoms with Crippen LogP contribution in [-0.2, 0) is 4.79 Å². The van der Waals surface area contributed by atoms with Crippen LogP contribution >= 0.6 is 0 Å². The van der Waals surface area contributed by atoms with E-state index in [0.29, 0.717) is 24.2 Å². The number of pyridine rings is 1. The summed E-state index contributed by atoms with van der Waals surface area (Å²) in [5.41, 5.74) is 1.40. The molecule has 1 aliphatic rings. The van der Waals surface area contributed by atoms with Crippen molar-refractivity contribution in [2.24, 2.45) is 0 Å².